The molecule has 4 rings (SSSR count). The number of aromatic nitrogens is 4. The Hall–Kier alpha value is -3.81. The maximum Gasteiger partial charge on any atom is 0.362 e. The number of hydrogen-bond acceptors (Lipinski definition) is 14. The zero-order valence-corrected chi connectivity index (χ0v) is 23.3. The van der Waals surface area contributed by atoms with Gasteiger partial charge >= 0.3 is 10.3 Å². The number of ether oxygens (including phenoxy) is 1. The summed E-state index contributed by atoms with van der Waals surface area (Å²) in [6.07, 6.45) is -3.24. The van der Waals surface area contributed by atoms with Gasteiger partial charge in [-0.25, -0.2) is 19.7 Å². The van der Waals surface area contributed by atoms with Gasteiger partial charge in [0, 0.05) is 6.07 Å². The number of aliphatic hydroxyl groups excluding tert-OH is 2. The third-order valence-electron chi connectivity index (χ3n) is 6.29. The SMILES string of the molecule is CCN(CC)CC.Nc1ncnc2c1ncn2[C@@H]1O[C@H](COS(=O)(=O)NC(=O)c2ccccc2[N+](=O)[O-])[C@@H](O)[C@H]1O. The number of anilines is 1. The number of carbonyl (C=O) groups is 1. The molecule has 1 aliphatic heterocycles. The summed E-state index contributed by atoms with van der Waals surface area (Å²) in [6.45, 7) is 9.33. The summed E-state index contributed by atoms with van der Waals surface area (Å²) in [5, 5.41) is 31.7. The molecular weight excluding hydrogens is 564 g/mol. The molecule has 1 aliphatic rings. The minimum atomic E-state index is -4.76. The number of fused-ring (bicyclic) bond motifs is 1. The van der Waals surface area contributed by atoms with E-state index in [4.69, 9.17) is 14.7 Å². The van der Waals surface area contributed by atoms with Gasteiger partial charge in [-0.1, -0.05) is 32.9 Å². The monoisotopic (exact) mass is 596 g/mol. The first kappa shape index (κ1) is 31.7. The van der Waals surface area contributed by atoms with Crippen molar-refractivity contribution >= 4 is 38.9 Å². The fourth-order valence-corrected chi connectivity index (χ4v) is 4.71. The van der Waals surface area contributed by atoms with Crippen molar-refractivity contribution in [2.24, 2.45) is 0 Å². The van der Waals surface area contributed by atoms with Gasteiger partial charge in [-0.2, -0.15) is 8.42 Å². The van der Waals surface area contributed by atoms with Crippen LogP contribution in [0.1, 0.15) is 37.4 Å². The summed E-state index contributed by atoms with van der Waals surface area (Å²) in [7, 11) is -4.76. The lowest BCUT2D eigenvalue weighted by Gasteiger charge is -2.16. The molecule has 224 valence electrons. The fourth-order valence-electron chi connectivity index (χ4n) is 4.00. The van der Waals surface area contributed by atoms with Gasteiger partial charge in [-0.3, -0.25) is 23.7 Å². The van der Waals surface area contributed by atoms with Crippen LogP contribution in [0, 0.1) is 10.1 Å². The maximum atomic E-state index is 12.2. The van der Waals surface area contributed by atoms with Gasteiger partial charge in [0.05, 0.1) is 17.9 Å². The van der Waals surface area contributed by atoms with Crippen LogP contribution in [0.2, 0.25) is 0 Å². The first-order chi connectivity index (χ1) is 19.4. The standard InChI is InChI=1S/C17H17N7O9S.C6H15N/c18-14-11-15(20-6-19-14)23(7-21-11)17-13(26)12(25)10(33-17)5-32-34(30,31)22-16(27)8-3-1-2-4-9(8)24(28)29;1-4-7(5-2)6-3/h1-4,6-7,10,12-13,17,25-26H,5H2,(H,22,27)(H2,18,19,20);4-6H2,1-3H3/t10-,12-,13-,17-;/m1./s1. The number of benzene rings is 1. The minimum Gasteiger partial charge on any atom is -0.387 e. The molecule has 0 spiro atoms. The van der Waals surface area contributed by atoms with Crippen LogP contribution in [0.4, 0.5) is 11.5 Å². The number of carbonyl (C=O) groups excluding carboxylic acids is 1. The number of nitrogens with two attached hydrogens (primary N) is 1. The molecule has 1 saturated heterocycles. The van der Waals surface area contributed by atoms with E-state index in [0.717, 1.165) is 12.1 Å². The molecule has 0 bridgehead atoms. The Morgan fingerprint density at radius 3 is 2.44 bits per heavy atom. The highest BCUT2D eigenvalue weighted by molar-refractivity contribution is 7.85. The molecule has 4 atom stereocenters. The predicted octanol–water partition coefficient (Wildman–Crippen LogP) is -0.0246. The van der Waals surface area contributed by atoms with E-state index in [1.165, 1.54) is 49.0 Å². The predicted molar refractivity (Wildman–Crippen MR) is 145 cm³/mol. The molecule has 5 N–H and O–H groups in total. The number of nitrogens with zero attached hydrogens (tertiary/aromatic N) is 6. The van der Waals surface area contributed by atoms with Crippen LogP contribution in [0.3, 0.4) is 0 Å². The highest BCUT2D eigenvalue weighted by Crippen LogP contribution is 2.32. The van der Waals surface area contributed by atoms with E-state index in [0.29, 0.717) is 0 Å². The lowest BCUT2D eigenvalue weighted by molar-refractivity contribution is -0.385. The van der Waals surface area contributed by atoms with Crippen molar-refractivity contribution in [2.75, 3.05) is 32.0 Å². The average Bonchev–Trinajstić information content (AvgIpc) is 3.50. The Morgan fingerprint density at radius 2 is 1.83 bits per heavy atom. The van der Waals surface area contributed by atoms with Crippen LogP contribution in [-0.4, -0.2) is 98.4 Å². The van der Waals surface area contributed by atoms with Crippen LogP contribution in [0.25, 0.3) is 11.2 Å². The second-order valence-corrected chi connectivity index (χ2v) is 10.0. The van der Waals surface area contributed by atoms with Crippen LogP contribution in [0.15, 0.2) is 36.9 Å². The first-order valence-corrected chi connectivity index (χ1v) is 14.0. The van der Waals surface area contributed by atoms with E-state index in [1.807, 2.05) is 0 Å². The number of para-hydroxylation sites is 1. The molecule has 17 nitrogen and oxygen atoms in total. The summed E-state index contributed by atoms with van der Waals surface area (Å²) >= 11 is 0. The highest BCUT2D eigenvalue weighted by Gasteiger charge is 2.45. The summed E-state index contributed by atoms with van der Waals surface area (Å²) in [4.78, 5) is 36.6. The van der Waals surface area contributed by atoms with E-state index in [1.54, 1.807) is 4.72 Å². The Kier molecular flexibility index (Phi) is 10.6. The van der Waals surface area contributed by atoms with Crippen molar-refractivity contribution in [1.29, 1.82) is 0 Å². The van der Waals surface area contributed by atoms with Crippen molar-refractivity contribution in [3.8, 4) is 0 Å². The van der Waals surface area contributed by atoms with Gasteiger partial charge in [0.1, 0.15) is 35.7 Å². The number of imidazole rings is 1. The molecule has 3 heterocycles. The molecule has 0 aliphatic carbocycles. The Balaban J connectivity index is 0.000000587. The molecule has 18 heteroatoms. The molecule has 41 heavy (non-hydrogen) atoms. The molecule has 1 fully saturated rings. The lowest BCUT2D eigenvalue weighted by atomic mass is 10.1. The van der Waals surface area contributed by atoms with Gasteiger partial charge in [0.15, 0.2) is 17.7 Å². The molecular formula is C23H32N8O9S. The molecule has 2 aromatic heterocycles. The minimum absolute atomic E-state index is 0.0807. The number of rotatable bonds is 10. The number of hydrogen-bond donors (Lipinski definition) is 4. The van der Waals surface area contributed by atoms with Crippen molar-refractivity contribution in [1.82, 2.24) is 29.1 Å². The van der Waals surface area contributed by atoms with Gasteiger partial charge in [-0.05, 0) is 25.7 Å². The van der Waals surface area contributed by atoms with Crippen molar-refractivity contribution in [3.63, 3.8) is 0 Å². The molecule has 1 aromatic carbocycles. The number of nitro groups is 1. The number of nitrogens with one attached hydrogen (secondary N) is 1. The molecule has 0 saturated carbocycles. The van der Waals surface area contributed by atoms with Gasteiger partial charge < -0.3 is 25.6 Å². The maximum absolute atomic E-state index is 12.2. The quantitative estimate of drug-likeness (QED) is 0.178. The Morgan fingerprint density at radius 1 is 1.17 bits per heavy atom. The summed E-state index contributed by atoms with van der Waals surface area (Å²) in [5.74, 6) is -1.21. The lowest BCUT2D eigenvalue weighted by Crippen LogP contribution is -2.38. The highest BCUT2D eigenvalue weighted by atomic mass is 32.2. The van der Waals surface area contributed by atoms with Gasteiger partial charge in [0.2, 0.25) is 0 Å². The second kappa shape index (κ2) is 13.7. The Labute approximate surface area is 235 Å². The van der Waals surface area contributed by atoms with Crippen molar-refractivity contribution < 1.29 is 37.3 Å². The van der Waals surface area contributed by atoms with Crippen molar-refractivity contribution in [3.05, 3.63) is 52.6 Å². The van der Waals surface area contributed by atoms with Crippen LogP contribution in [0.5, 0.6) is 0 Å². The molecule has 0 radical (unpaired) electrons. The van der Waals surface area contributed by atoms with Crippen LogP contribution < -0.4 is 10.5 Å². The average molecular weight is 597 g/mol. The van der Waals surface area contributed by atoms with Gasteiger partial charge in [-0.15, -0.1) is 0 Å². The summed E-state index contributed by atoms with van der Waals surface area (Å²) < 4.78 is 37.5. The number of aliphatic hydroxyl groups is 2. The topological polar surface area (TPSA) is 238 Å². The number of amides is 1. The van der Waals surface area contributed by atoms with E-state index >= 15 is 0 Å². The molecule has 0 unspecified atom stereocenters. The van der Waals surface area contributed by atoms with Crippen LogP contribution >= 0.6 is 0 Å². The fraction of sp³-hybridized carbons (Fsp3) is 0.478. The third kappa shape index (κ3) is 7.48. The van der Waals surface area contributed by atoms with E-state index in [-0.39, 0.29) is 17.0 Å². The summed E-state index contributed by atoms with van der Waals surface area (Å²) in [6, 6.07) is 4.73. The number of nitrogen functional groups attached to an aromatic ring is 1. The van der Waals surface area contributed by atoms with Crippen LogP contribution in [-0.2, 0) is 19.2 Å². The molecule has 3 aromatic rings. The third-order valence-corrected chi connectivity index (χ3v) is 7.17. The first-order valence-electron chi connectivity index (χ1n) is 12.6. The van der Waals surface area contributed by atoms with E-state index < -0.39 is 63.5 Å². The van der Waals surface area contributed by atoms with Gasteiger partial charge in [0.25, 0.3) is 11.6 Å². The zero-order chi connectivity index (χ0) is 30.3. The second-order valence-electron chi connectivity index (χ2n) is 8.69. The largest absolute Gasteiger partial charge is 0.387 e. The summed E-state index contributed by atoms with van der Waals surface area (Å²) in [5.41, 5.74) is 5.05. The molecule has 1 amide bonds. The van der Waals surface area contributed by atoms with E-state index in [2.05, 4.69) is 40.6 Å². The zero-order valence-electron chi connectivity index (χ0n) is 22.5. The Bertz CT molecular complexity index is 1460. The number of nitro benzene ring substituents is 1. The smallest absolute Gasteiger partial charge is 0.362 e. The van der Waals surface area contributed by atoms with E-state index in [9.17, 15) is 33.5 Å². The normalized spacial score (nSPS) is 20.5. The van der Waals surface area contributed by atoms with Crippen molar-refractivity contribution in [2.45, 2.75) is 45.3 Å².